The lowest BCUT2D eigenvalue weighted by Gasteiger charge is -2.11. The molecule has 0 aliphatic rings. The van der Waals surface area contributed by atoms with E-state index >= 15 is 0 Å². The zero-order valence-corrected chi connectivity index (χ0v) is 8.46. The van der Waals surface area contributed by atoms with Crippen molar-refractivity contribution in [3.8, 4) is 0 Å². The van der Waals surface area contributed by atoms with Gasteiger partial charge in [-0.15, -0.1) is 0 Å². The lowest BCUT2D eigenvalue weighted by Crippen LogP contribution is -2.12. The van der Waals surface area contributed by atoms with Crippen molar-refractivity contribution >= 4 is 0 Å². The van der Waals surface area contributed by atoms with Gasteiger partial charge in [-0.3, -0.25) is 4.84 Å². The lowest BCUT2D eigenvalue weighted by molar-refractivity contribution is 0.124. The molecule has 1 aromatic rings. The first-order valence-electron chi connectivity index (χ1n) is 4.37. The summed E-state index contributed by atoms with van der Waals surface area (Å²) in [5.74, 6) is 4.68. The van der Waals surface area contributed by atoms with Crippen LogP contribution in [0.5, 0.6) is 0 Å². The Morgan fingerprint density at radius 1 is 1.43 bits per heavy atom. The molecule has 0 aliphatic carbocycles. The molecule has 0 spiro atoms. The van der Waals surface area contributed by atoms with Gasteiger partial charge in [0.2, 0.25) is 0 Å². The summed E-state index contributed by atoms with van der Waals surface area (Å²) in [6, 6.07) is 5.02. The normalized spacial score (nSPS) is 10.9. The highest BCUT2D eigenvalue weighted by atomic mass is 19.1. The molecular formula is C10H15FN2O. The molecule has 4 heteroatoms. The third kappa shape index (κ3) is 3.06. The van der Waals surface area contributed by atoms with Gasteiger partial charge in [-0.2, -0.15) is 0 Å². The Bertz CT molecular complexity index is 302. The molecule has 1 aromatic carbocycles. The number of nitrogens with two attached hydrogens (primary N) is 1. The van der Waals surface area contributed by atoms with Gasteiger partial charge in [-0.1, -0.05) is 12.1 Å². The number of hydrogen-bond acceptors (Lipinski definition) is 3. The molecular weight excluding hydrogens is 183 g/mol. The molecule has 2 N–H and O–H groups in total. The smallest absolute Gasteiger partial charge is 0.128 e. The molecule has 0 saturated carbocycles. The predicted molar refractivity (Wildman–Crippen MR) is 52.8 cm³/mol. The van der Waals surface area contributed by atoms with Crippen LogP contribution in [0.1, 0.15) is 11.1 Å². The molecule has 0 saturated heterocycles. The van der Waals surface area contributed by atoms with Crippen LogP contribution in [0.25, 0.3) is 0 Å². The lowest BCUT2D eigenvalue weighted by atomic mass is 10.1. The van der Waals surface area contributed by atoms with E-state index in [0.717, 1.165) is 5.56 Å². The van der Waals surface area contributed by atoms with Crippen molar-refractivity contribution in [3.63, 3.8) is 0 Å². The fourth-order valence-corrected chi connectivity index (χ4v) is 1.25. The average molecular weight is 198 g/mol. The molecule has 3 nitrogen and oxygen atoms in total. The predicted octanol–water partition coefficient (Wildman–Crippen LogP) is 1.28. The molecule has 0 bridgehead atoms. The maximum Gasteiger partial charge on any atom is 0.128 e. The average Bonchev–Trinajstić information content (AvgIpc) is 2.10. The van der Waals surface area contributed by atoms with E-state index < -0.39 is 0 Å². The van der Waals surface area contributed by atoms with Crippen LogP contribution in [-0.2, 0) is 18.0 Å². The number of rotatable bonds is 4. The summed E-state index contributed by atoms with van der Waals surface area (Å²) < 4.78 is 13.4. The highest BCUT2D eigenvalue weighted by Crippen LogP contribution is 2.12. The zero-order chi connectivity index (χ0) is 10.6. The fraction of sp³-hybridized carbons (Fsp3) is 0.400. The van der Waals surface area contributed by atoms with Crippen molar-refractivity contribution in [1.82, 2.24) is 4.90 Å². The molecule has 0 unspecified atom stereocenters. The summed E-state index contributed by atoms with van der Waals surface area (Å²) in [7, 11) is 3.80. The van der Waals surface area contributed by atoms with Crippen molar-refractivity contribution in [1.29, 1.82) is 0 Å². The molecule has 0 aromatic heterocycles. The minimum atomic E-state index is -0.215. The molecule has 0 atom stereocenters. The van der Waals surface area contributed by atoms with Crippen LogP contribution in [-0.4, -0.2) is 19.0 Å². The van der Waals surface area contributed by atoms with E-state index in [0.29, 0.717) is 12.1 Å². The van der Waals surface area contributed by atoms with E-state index in [1.54, 1.807) is 6.07 Å². The van der Waals surface area contributed by atoms with Crippen LogP contribution in [0.15, 0.2) is 18.2 Å². The number of halogens is 1. The SMILES string of the molecule is CN(C)Cc1ccc(CON)cc1F. The quantitative estimate of drug-likeness (QED) is 0.741. The second kappa shape index (κ2) is 5.05. The summed E-state index contributed by atoms with van der Waals surface area (Å²) in [5, 5.41) is 0. The van der Waals surface area contributed by atoms with Gasteiger partial charge in [0.05, 0.1) is 6.61 Å². The van der Waals surface area contributed by atoms with Crippen molar-refractivity contribution in [2.45, 2.75) is 13.2 Å². The monoisotopic (exact) mass is 198 g/mol. The van der Waals surface area contributed by atoms with Gasteiger partial charge in [0.15, 0.2) is 0 Å². The molecule has 0 radical (unpaired) electrons. The third-order valence-corrected chi connectivity index (χ3v) is 1.85. The van der Waals surface area contributed by atoms with E-state index in [-0.39, 0.29) is 12.4 Å². The minimum absolute atomic E-state index is 0.215. The summed E-state index contributed by atoms with van der Waals surface area (Å²) in [5.41, 5.74) is 1.42. The summed E-state index contributed by atoms with van der Waals surface area (Å²) in [4.78, 5) is 6.34. The van der Waals surface area contributed by atoms with Crippen LogP contribution in [0.4, 0.5) is 4.39 Å². The zero-order valence-electron chi connectivity index (χ0n) is 8.46. The van der Waals surface area contributed by atoms with E-state index in [1.807, 2.05) is 25.1 Å². The van der Waals surface area contributed by atoms with Crippen LogP contribution in [0.2, 0.25) is 0 Å². The van der Waals surface area contributed by atoms with Gasteiger partial charge in [-0.25, -0.2) is 10.3 Å². The summed E-state index contributed by atoms with van der Waals surface area (Å²) in [6.07, 6.45) is 0. The van der Waals surface area contributed by atoms with Crippen molar-refractivity contribution in [2.24, 2.45) is 5.90 Å². The number of hydrogen-bond donors (Lipinski definition) is 1. The van der Waals surface area contributed by atoms with Crippen molar-refractivity contribution in [2.75, 3.05) is 14.1 Å². The Balaban J connectivity index is 2.79. The number of benzene rings is 1. The second-order valence-corrected chi connectivity index (χ2v) is 3.47. The van der Waals surface area contributed by atoms with E-state index in [9.17, 15) is 4.39 Å². The second-order valence-electron chi connectivity index (χ2n) is 3.47. The van der Waals surface area contributed by atoms with Crippen LogP contribution in [0.3, 0.4) is 0 Å². The highest BCUT2D eigenvalue weighted by molar-refractivity contribution is 5.23. The van der Waals surface area contributed by atoms with Gasteiger partial charge in [-0.05, 0) is 25.7 Å². The first-order valence-corrected chi connectivity index (χ1v) is 4.37. The molecule has 0 heterocycles. The molecule has 0 fully saturated rings. The maximum absolute atomic E-state index is 13.4. The Kier molecular flexibility index (Phi) is 4.00. The van der Waals surface area contributed by atoms with Crippen LogP contribution < -0.4 is 5.90 Å². The molecule has 0 aliphatic heterocycles. The Hall–Kier alpha value is -0.970. The van der Waals surface area contributed by atoms with Crippen LogP contribution >= 0.6 is 0 Å². The number of nitrogens with zero attached hydrogens (tertiary/aromatic N) is 1. The van der Waals surface area contributed by atoms with Gasteiger partial charge in [0, 0.05) is 12.1 Å². The van der Waals surface area contributed by atoms with Gasteiger partial charge in [0.1, 0.15) is 5.82 Å². The Morgan fingerprint density at radius 2 is 2.14 bits per heavy atom. The minimum Gasteiger partial charge on any atom is -0.305 e. The standard InChI is InChI=1S/C10H15FN2O/c1-13(2)6-9-4-3-8(7-14-12)5-10(9)11/h3-5H,6-7,12H2,1-2H3. The Labute approximate surface area is 83.2 Å². The van der Waals surface area contributed by atoms with Gasteiger partial charge in [0.25, 0.3) is 0 Å². The van der Waals surface area contributed by atoms with Crippen molar-refractivity contribution < 1.29 is 9.23 Å². The first-order chi connectivity index (χ1) is 6.63. The van der Waals surface area contributed by atoms with Crippen molar-refractivity contribution in [3.05, 3.63) is 35.1 Å². The largest absolute Gasteiger partial charge is 0.305 e. The van der Waals surface area contributed by atoms with Gasteiger partial charge < -0.3 is 4.90 Å². The van der Waals surface area contributed by atoms with Crippen LogP contribution in [0, 0.1) is 5.82 Å². The van der Waals surface area contributed by atoms with E-state index in [1.165, 1.54) is 6.07 Å². The molecule has 0 amide bonds. The first kappa shape index (κ1) is 11.1. The summed E-state index contributed by atoms with van der Waals surface area (Å²) >= 11 is 0. The molecule has 78 valence electrons. The highest BCUT2D eigenvalue weighted by Gasteiger charge is 2.04. The topological polar surface area (TPSA) is 38.5 Å². The summed E-state index contributed by atoms with van der Waals surface area (Å²) in [6.45, 7) is 0.828. The van der Waals surface area contributed by atoms with E-state index in [2.05, 4.69) is 4.84 Å². The van der Waals surface area contributed by atoms with E-state index in [4.69, 9.17) is 5.90 Å². The van der Waals surface area contributed by atoms with Gasteiger partial charge >= 0.3 is 0 Å². The Morgan fingerprint density at radius 3 is 2.64 bits per heavy atom. The fourth-order valence-electron chi connectivity index (χ4n) is 1.25. The molecule has 14 heavy (non-hydrogen) atoms. The third-order valence-electron chi connectivity index (χ3n) is 1.85. The maximum atomic E-state index is 13.4. The molecule has 1 rings (SSSR count).